The number of rotatable bonds is 3. The van der Waals surface area contributed by atoms with Gasteiger partial charge < -0.3 is 24.6 Å². The monoisotopic (exact) mass is 567 g/mol. The zero-order chi connectivity index (χ0) is 29.4. The number of alkyl halides is 6. The number of fused-ring (bicyclic) bond motifs is 1. The number of amides is 1. The van der Waals surface area contributed by atoms with E-state index >= 15 is 0 Å². The number of carboxylic acids is 2. The number of halogens is 6. The molecule has 0 aliphatic carbocycles. The summed E-state index contributed by atoms with van der Waals surface area (Å²) in [6, 6.07) is 9.26. The van der Waals surface area contributed by atoms with Gasteiger partial charge in [-0.05, 0) is 44.0 Å². The molecular formula is C23H23F6N3O7. The maximum atomic E-state index is 13.0. The van der Waals surface area contributed by atoms with Crippen LogP contribution in [0.25, 0.3) is 0 Å². The number of hydrogen-bond acceptors (Lipinski definition) is 7. The van der Waals surface area contributed by atoms with Crippen molar-refractivity contribution in [2.75, 3.05) is 13.2 Å². The Bertz CT molecular complexity index is 1110. The van der Waals surface area contributed by atoms with Crippen LogP contribution in [0.1, 0.15) is 29.0 Å². The molecule has 10 nitrogen and oxygen atoms in total. The lowest BCUT2D eigenvalue weighted by atomic mass is 10.0. The van der Waals surface area contributed by atoms with E-state index in [-0.39, 0.29) is 24.2 Å². The van der Waals surface area contributed by atoms with E-state index in [4.69, 9.17) is 29.3 Å². The third kappa shape index (κ3) is 9.38. The number of aliphatic carboxylic acids is 2. The second kappa shape index (κ2) is 13.2. The number of pyridine rings is 2. The lowest BCUT2D eigenvalue weighted by Gasteiger charge is -2.31. The number of carbonyl (C=O) groups is 3. The van der Waals surface area contributed by atoms with Gasteiger partial charge in [0.1, 0.15) is 23.7 Å². The first-order chi connectivity index (χ1) is 18.1. The van der Waals surface area contributed by atoms with Gasteiger partial charge in [0.15, 0.2) is 0 Å². The van der Waals surface area contributed by atoms with Crippen LogP contribution in [0.3, 0.4) is 0 Å². The van der Waals surface area contributed by atoms with Gasteiger partial charge in [0, 0.05) is 18.5 Å². The summed E-state index contributed by atoms with van der Waals surface area (Å²) < 4.78 is 75.5. The van der Waals surface area contributed by atoms with Crippen LogP contribution >= 0.6 is 0 Å². The molecule has 2 aliphatic heterocycles. The van der Waals surface area contributed by atoms with Gasteiger partial charge in [0.2, 0.25) is 0 Å². The first kappa shape index (κ1) is 31.3. The predicted molar refractivity (Wildman–Crippen MR) is 119 cm³/mol. The second-order valence-corrected chi connectivity index (χ2v) is 8.12. The highest BCUT2D eigenvalue weighted by Gasteiger charge is 2.48. The molecule has 4 heterocycles. The molecule has 0 saturated carbocycles. The van der Waals surface area contributed by atoms with Gasteiger partial charge in [-0.15, -0.1) is 0 Å². The Balaban J connectivity index is 0.000000317. The van der Waals surface area contributed by atoms with Crippen molar-refractivity contribution >= 4 is 17.8 Å². The maximum absolute atomic E-state index is 13.0. The number of carboxylic acid groups (broad SMARTS) is 2. The van der Waals surface area contributed by atoms with E-state index in [2.05, 4.69) is 9.97 Å². The minimum Gasteiger partial charge on any atom is -0.484 e. The van der Waals surface area contributed by atoms with E-state index < -0.39 is 24.3 Å². The first-order valence-electron chi connectivity index (χ1n) is 11.1. The zero-order valence-electron chi connectivity index (χ0n) is 20.1. The quantitative estimate of drug-likeness (QED) is 0.534. The minimum absolute atomic E-state index is 0.0326. The number of hydrogen-bond donors (Lipinski definition) is 2. The van der Waals surface area contributed by atoms with E-state index in [0.717, 1.165) is 18.5 Å². The van der Waals surface area contributed by atoms with Gasteiger partial charge in [0.25, 0.3) is 5.91 Å². The Morgan fingerprint density at radius 3 is 2.15 bits per heavy atom. The first-order valence-corrected chi connectivity index (χ1v) is 11.1. The molecule has 2 N–H and O–H groups in total. The van der Waals surface area contributed by atoms with Crippen LogP contribution in [0.5, 0.6) is 5.75 Å². The molecule has 0 aromatic carbocycles. The maximum Gasteiger partial charge on any atom is 0.490 e. The largest absolute Gasteiger partial charge is 0.490 e. The molecule has 3 atom stereocenters. The van der Waals surface area contributed by atoms with Gasteiger partial charge in [-0.1, -0.05) is 6.07 Å². The summed E-state index contributed by atoms with van der Waals surface area (Å²) >= 11 is 0. The van der Waals surface area contributed by atoms with Crippen LogP contribution in [0.2, 0.25) is 0 Å². The fraction of sp³-hybridized carbons (Fsp3) is 0.435. The lowest BCUT2D eigenvalue weighted by molar-refractivity contribution is -0.193. The fourth-order valence-electron chi connectivity index (χ4n) is 3.65. The van der Waals surface area contributed by atoms with Crippen LogP contribution in [0.15, 0.2) is 42.7 Å². The molecule has 2 saturated heterocycles. The lowest BCUT2D eigenvalue weighted by Crippen LogP contribution is -2.44. The van der Waals surface area contributed by atoms with Crippen molar-refractivity contribution < 1.29 is 60.4 Å². The number of carbonyl (C=O) groups excluding carboxylic acids is 1. The van der Waals surface area contributed by atoms with Crippen LogP contribution in [0, 0.1) is 6.92 Å². The summed E-state index contributed by atoms with van der Waals surface area (Å²) in [5.74, 6) is -4.87. The molecule has 0 spiro atoms. The molecule has 1 amide bonds. The summed E-state index contributed by atoms with van der Waals surface area (Å²) in [6.07, 6.45) is -5.20. The van der Waals surface area contributed by atoms with E-state index in [0.29, 0.717) is 24.6 Å². The molecule has 16 heteroatoms. The highest BCUT2D eigenvalue weighted by atomic mass is 19.4. The molecule has 39 heavy (non-hydrogen) atoms. The third-order valence-corrected chi connectivity index (χ3v) is 5.25. The number of ether oxygens (including phenoxy) is 2. The van der Waals surface area contributed by atoms with Crippen molar-refractivity contribution in [2.24, 2.45) is 0 Å². The van der Waals surface area contributed by atoms with Crippen molar-refractivity contribution in [3.05, 3.63) is 54.1 Å². The van der Waals surface area contributed by atoms with Crippen LogP contribution in [-0.2, 0) is 14.3 Å². The average Bonchev–Trinajstić information content (AvgIpc) is 3.22. The van der Waals surface area contributed by atoms with Gasteiger partial charge in [-0.25, -0.2) is 14.6 Å². The van der Waals surface area contributed by atoms with E-state index in [1.807, 2.05) is 36.1 Å². The molecule has 2 aromatic heterocycles. The number of aryl methyl sites for hydroxylation is 1. The molecule has 0 radical (unpaired) electrons. The smallest absolute Gasteiger partial charge is 0.484 e. The van der Waals surface area contributed by atoms with E-state index in [1.54, 1.807) is 18.5 Å². The Labute approximate surface area is 217 Å². The average molecular weight is 567 g/mol. The van der Waals surface area contributed by atoms with Crippen molar-refractivity contribution in [3.8, 4) is 5.75 Å². The molecule has 4 rings (SSSR count). The number of nitrogens with zero attached hydrogens (tertiary/aromatic N) is 3. The SMILES string of the molecule is Cc1cccc(C(=O)N2C[C@H](Oc3cccnc3)[C@H]3OCCC[C@H]32)n1.O=C(O)C(F)(F)F.O=C(O)C(F)(F)F. The molecule has 0 unspecified atom stereocenters. The number of aromatic nitrogens is 2. The second-order valence-electron chi connectivity index (χ2n) is 8.12. The summed E-state index contributed by atoms with van der Waals surface area (Å²) in [6.45, 7) is 3.10. The standard InChI is InChI=1S/C19H21N3O3.2C2HF3O2/c1-13-5-2-7-15(21-13)19(23)22-12-17(18-16(22)8-4-10-24-18)25-14-6-3-9-20-11-14;2*3-2(4,5)1(6)7/h2-3,5-7,9,11,16-18H,4,8,10,12H2,1H3;2*(H,6,7)/t16-,17+,18+;;/m1../s1. The van der Waals surface area contributed by atoms with Gasteiger partial charge >= 0.3 is 24.3 Å². The minimum atomic E-state index is -5.08. The Morgan fingerprint density at radius 1 is 1.03 bits per heavy atom. The summed E-state index contributed by atoms with van der Waals surface area (Å²) in [5.41, 5.74) is 1.32. The van der Waals surface area contributed by atoms with Crippen LogP contribution < -0.4 is 4.74 Å². The highest BCUT2D eigenvalue weighted by Crippen LogP contribution is 2.32. The third-order valence-electron chi connectivity index (χ3n) is 5.25. The molecule has 2 fully saturated rings. The molecule has 0 bridgehead atoms. The highest BCUT2D eigenvalue weighted by molar-refractivity contribution is 5.93. The molecular weight excluding hydrogens is 544 g/mol. The zero-order valence-corrected chi connectivity index (χ0v) is 20.1. The van der Waals surface area contributed by atoms with Gasteiger partial charge in [0.05, 0.1) is 18.8 Å². The normalized spacial score (nSPS) is 20.4. The molecule has 2 aromatic rings. The summed E-state index contributed by atoms with van der Waals surface area (Å²) in [5, 5.41) is 14.2. The van der Waals surface area contributed by atoms with Crippen molar-refractivity contribution in [1.82, 2.24) is 14.9 Å². The van der Waals surface area contributed by atoms with Gasteiger partial charge in [-0.3, -0.25) is 9.78 Å². The van der Waals surface area contributed by atoms with E-state index in [9.17, 15) is 31.1 Å². The predicted octanol–water partition coefficient (Wildman–Crippen LogP) is 3.50. The topological polar surface area (TPSA) is 139 Å². The summed E-state index contributed by atoms with van der Waals surface area (Å²) in [4.78, 5) is 41.1. The van der Waals surface area contributed by atoms with Crippen LogP contribution in [-0.4, -0.2) is 86.7 Å². The Hall–Kier alpha value is -3.95. The van der Waals surface area contributed by atoms with E-state index in [1.165, 1.54) is 0 Å². The Kier molecular flexibility index (Phi) is 10.6. The van der Waals surface area contributed by atoms with Crippen LogP contribution in [0.4, 0.5) is 26.3 Å². The van der Waals surface area contributed by atoms with Crippen molar-refractivity contribution in [1.29, 1.82) is 0 Å². The Morgan fingerprint density at radius 2 is 1.64 bits per heavy atom. The molecule has 214 valence electrons. The fourth-order valence-corrected chi connectivity index (χ4v) is 3.65. The summed E-state index contributed by atoms with van der Waals surface area (Å²) in [7, 11) is 0. The molecule has 2 aliphatic rings. The van der Waals surface area contributed by atoms with Gasteiger partial charge in [-0.2, -0.15) is 26.3 Å². The number of likely N-dealkylation sites (tertiary alicyclic amines) is 1. The van der Waals surface area contributed by atoms with Crippen molar-refractivity contribution in [3.63, 3.8) is 0 Å². The van der Waals surface area contributed by atoms with Crippen molar-refractivity contribution in [2.45, 2.75) is 50.4 Å².